The summed E-state index contributed by atoms with van der Waals surface area (Å²) in [6.45, 7) is 7.65. The number of hydrogen-bond donors (Lipinski definition) is 2. The number of benzene rings is 5. The fraction of sp³-hybridized carbons (Fsp3) is 0.111. The predicted molar refractivity (Wildman–Crippen MR) is 187 cm³/mol. The monoisotopic (exact) mass is 650 g/mol. The highest BCUT2D eigenvalue weighted by Gasteiger charge is 2.16. The molecule has 0 aliphatic heterocycles. The first-order valence-electron chi connectivity index (χ1n) is 14.5. The quantitative estimate of drug-likeness (QED) is 0.149. The molecule has 0 unspecified atom stereocenters. The standard InChI is InChI=1S/C36H34N4O4S2/c1-25-5-19-35(27(3)21-25)39-45(41,42)33-15-11-31(12-16-33)37-23-29-7-9-30(10-8-29)24-38-32-13-17-34(18-14-32)46(43,44)40-36-20-6-26(2)22-28(36)4/h5-24,39-40H,1-4H3. The Bertz CT molecular complexity index is 1980. The Morgan fingerprint density at radius 1 is 0.478 bits per heavy atom. The van der Waals surface area contributed by atoms with Crippen LogP contribution in [0.15, 0.2) is 129 Å². The van der Waals surface area contributed by atoms with Crippen LogP contribution in [0.3, 0.4) is 0 Å². The van der Waals surface area contributed by atoms with Gasteiger partial charge in [-0.1, -0.05) is 59.7 Å². The van der Waals surface area contributed by atoms with Crippen LogP contribution >= 0.6 is 0 Å². The largest absolute Gasteiger partial charge is 0.279 e. The third-order valence-corrected chi connectivity index (χ3v) is 9.97. The molecule has 0 bridgehead atoms. The van der Waals surface area contributed by atoms with Gasteiger partial charge in [0.15, 0.2) is 0 Å². The van der Waals surface area contributed by atoms with Gasteiger partial charge in [0.05, 0.1) is 32.5 Å². The number of rotatable bonds is 10. The van der Waals surface area contributed by atoms with Gasteiger partial charge in [0, 0.05) is 12.4 Å². The summed E-state index contributed by atoms with van der Waals surface area (Å²) in [5.74, 6) is 0. The number of hydrogen-bond acceptors (Lipinski definition) is 6. The second kappa shape index (κ2) is 13.5. The number of nitrogens with one attached hydrogen (secondary N) is 2. The fourth-order valence-corrected chi connectivity index (χ4v) is 6.91. The van der Waals surface area contributed by atoms with Crippen LogP contribution in [0.2, 0.25) is 0 Å². The van der Waals surface area contributed by atoms with E-state index in [-0.39, 0.29) is 9.79 Å². The molecule has 0 fully saturated rings. The molecular formula is C36H34N4O4S2. The third-order valence-electron chi connectivity index (χ3n) is 7.21. The smallest absolute Gasteiger partial charge is 0.261 e. The summed E-state index contributed by atoms with van der Waals surface area (Å²) in [6, 6.07) is 31.4. The molecule has 8 nitrogen and oxygen atoms in total. The molecule has 2 N–H and O–H groups in total. The van der Waals surface area contributed by atoms with Gasteiger partial charge in [-0.3, -0.25) is 19.4 Å². The lowest BCUT2D eigenvalue weighted by Gasteiger charge is -2.11. The second-order valence-electron chi connectivity index (χ2n) is 11.0. The van der Waals surface area contributed by atoms with E-state index in [4.69, 9.17) is 0 Å². The van der Waals surface area contributed by atoms with Crippen LogP contribution in [0.5, 0.6) is 0 Å². The molecule has 0 heterocycles. The maximum absolute atomic E-state index is 12.9. The zero-order chi connectivity index (χ0) is 32.9. The average molecular weight is 651 g/mol. The molecule has 234 valence electrons. The summed E-state index contributed by atoms with van der Waals surface area (Å²) in [5, 5.41) is 0. The van der Waals surface area contributed by atoms with Crippen LogP contribution in [0, 0.1) is 27.7 Å². The number of anilines is 2. The normalized spacial score (nSPS) is 12.1. The number of aryl methyl sites for hydroxylation is 4. The van der Waals surface area contributed by atoms with Gasteiger partial charge in [-0.15, -0.1) is 0 Å². The maximum atomic E-state index is 12.9. The van der Waals surface area contributed by atoms with Gasteiger partial charge in [-0.25, -0.2) is 16.8 Å². The van der Waals surface area contributed by atoms with Gasteiger partial charge in [0.1, 0.15) is 0 Å². The van der Waals surface area contributed by atoms with E-state index >= 15 is 0 Å². The van der Waals surface area contributed by atoms with Crippen LogP contribution in [-0.2, 0) is 20.0 Å². The van der Waals surface area contributed by atoms with Crippen LogP contribution < -0.4 is 9.44 Å². The van der Waals surface area contributed by atoms with Crippen LogP contribution in [-0.4, -0.2) is 29.3 Å². The Morgan fingerprint density at radius 3 is 1.15 bits per heavy atom. The van der Waals surface area contributed by atoms with E-state index < -0.39 is 20.0 Å². The number of sulfonamides is 2. The maximum Gasteiger partial charge on any atom is 0.261 e. The first kappa shape index (κ1) is 32.3. The molecule has 10 heteroatoms. The van der Waals surface area contributed by atoms with Crippen molar-refractivity contribution in [2.75, 3.05) is 9.44 Å². The highest BCUT2D eigenvalue weighted by atomic mass is 32.2. The minimum absolute atomic E-state index is 0.153. The highest BCUT2D eigenvalue weighted by Crippen LogP contribution is 2.24. The summed E-state index contributed by atoms with van der Waals surface area (Å²) >= 11 is 0. The molecule has 0 saturated heterocycles. The van der Waals surface area contributed by atoms with Gasteiger partial charge < -0.3 is 0 Å². The lowest BCUT2D eigenvalue weighted by Crippen LogP contribution is -2.13. The van der Waals surface area contributed by atoms with Crippen molar-refractivity contribution in [3.8, 4) is 0 Å². The summed E-state index contributed by atoms with van der Waals surface area (Å²) in [4.78, 5) is 9.24. The van der Waals surface area contributed by atoms with Crippen molar-refractivity contribution in [2.24, 2.45) is 9.98 Å². The van der Waals surface area contributed by atoms with Gasteiger partial charge in [0.2, 0.25) is 0 Å². The van der Waals surface area contributed by atoms with E-state index in [1.54, 1.807) is 48.8 Å². The highest BCUT2D eigenvalue weighted by molar-refractivity contribution is 7.93. The minimum atomic E-state index is -3.73. The second-order valence-corrected chi connectivity index (χ2v) is 14.4. The van der Waals surface area contributed by atoms with Crippen LogP contribution in [0.4, 0.5) is 22.7 Å². The molecular weight excluding hydrogens is 617 g/mol. The van der Waals surface area contributed by atoms with Crippen molar-refractivity contribution in [3.63, 3.8) is 0 Å². The third kappa shape index (κ3) is 8.15. The minimum Gasteiger partial charge on any atom is -0.279 e. The summed E-state index contributed by atoms with van der Waals surface area (Å²) in [5.41, 5.74) is 7.87. The van der Waals surface area contributed by atoms with Crippen molar-refractivity contribution in [3.05, 3.63) is 143 Å². The first-order chi connectivity index (χ1) is 21.9. The van der Waals surface area contributed by atoms with Crippen molar-refractivity contribution in [1.82, 2.24) is 0 Å². The molecule has 0 atom stereocenters. The number of aliphatic imine (C=N–C) groups is 2. The van der Waals surface area contributed by atoms with Crippen molar-refractivity contribution in [2.45, 2.75) is 37.5 Å². The number of nitrogens with zero attached hydrogens (tertiary/aromatic N) is 2. The molecule has 0 spiro atoms. The molecule has 0 aliphatic rings. The Labute approximate surface area is 270 Å². The zero-order valence-electron chi connectivity index (χ0n) is 25.9. The zero-order valence-corrected chi connectivity index (χ0v) is 27.5. The molecule has 5 aromatic rings. The lowest BCUT2D eigenvalue weighted by molar-refractivity contribution is 0.599. The van der Waals surface area contributed by atoms with E-state index in [0.29, 0.717) is 22.7 Å². The molecule has 46 heavy (non-hydrogen) atoms. The molecule has 0 amide bonds. The summed E-state index contributed by atoms with van der Waals surface area (Å²) in [7, 11) is -7.46. The van der Waals surface area contributed by atoms with Gasteiger partial charge in [-0.2, -0.15) is 0 Å². The van der Waals surface area contributed by atoms with E-state index in [2.05, 4.69) is 19.4 Å². The average Bonchev–Trinajstić information content (AvgIpc) is 3.03. The molecule has 0 saturated carbocycles. The van der Waals surface area contributed by atoms with Crippen molar-refractivity contribution >= 4 is 55.2 Å². The Kier molecular flexibility index (Phi) is 9.50. The predicted octanol–water partition coefficient (Wildman–Crippen LogP) is 8.02. The van der Waals surface area contributed by atoms with E-state index in [9.17, 15) is 16.8 Å². The van der Waals surface area contributed by atoms with Gasteiger partial charge in [0.25, 0.3) is 20.0 Å². The molecule has 0 aromatic heterocycles. The Balaban J connectivity index is 1.18. The molecule has 0 radical (unpaired) electrons. The fourth-order valence-electron chi connectivity index (χ4n) is 4.65. The van der Waals surface area contributed by atoms with Gasteiger partial charge in [-0.05, 0) is 111 Å². The summed E-state index contributed by atoms with van der Waals surface area (Å²) in [6.07, 6.45) is 3.40. The van der Waals surface area contributed by atoms with Crippen LogP contribution in [0.1, 0.15) is 33.4 Å². The summed E-state index contributed by atoms with van der Waals surface area (Å²) < 4.78 is 56.7. The Hall–Kier alpha value is -5.06. The molecule has 0 aliphatic carbocycles. The Morgan fingerprint density at radius 2 is 0.826 bits per heavy atom. The topological polar surface area (TPSA) is 117 Å². The van der Waals surface area contributed by atoms with E-state index in [1.807, 2.05) is 76.2 Å². The lowest BCUT2D eigenvalue weighted by atomic mass is 10.1. The molecule has 5 rings (SSSR count). The van der Waals surface area contributed by atoms with Crippen molar-refractivity contribution < 1.29 is 16.8 Å². The van der Waals surface area contributed by atoms with Crippen LogP contribution in [0.25, 0.3) is 0 Å². The first-order valence-corrected chi connectivity index (χ1v) is 17.4. The molecule has 5 aromatic carbocycles. The van der Waals surface area contributed by atoms with E-state index in [1.165, 1.54) is 24.3 Å². The SMILES string of the molecule is Cc1ccc(NS(=O)(=O)c2ccc(N=Cc3ccc(C=Nc4ccc(S(=O)(=O)Nc5ccc(C)cc5C)cc4)cc3)cc2)c(C)c1. The van der Waals surface area contributed by atoms with Crippen molar-refractivity contribution in [1.29, 1.82) is 0 Å². The van der Waals surface area contributed by atoms with Gasteiger partial charge >= 0.3 is 0 Å². The van der Waals surface area contributed by atoms with E-state index in [0.717, 1.165) is 33.4 Å².